The van der Waals surface area contributed by atoms with Crippen molar-refractivity contribution in [2.24, 2.45) is 0 Å². The van der Waals surface area contributed by atoms with Crippen molar-refractivity contribution in [1.82, 2.24) is 9.97 Å². The Kier molecular flexibility index (Phi) is 4.20. The van der Waals surface area contributed by atoms with Gasteiger partial charge in [-0.05, 0) is 28.1 Å². The van der Waals surface area contributed by atoms with Crippen molar-refractivity contribution in [3.8, 4) is 10.4 Å². The Labute approximate surface area is 112 Å². The van der Waals surface area contributed by atoms with Crippen LogP contribution in [0.3, 0.4) is 0 Å². The van der Waals surface area contributed by atoms with Gasteiger partial charge in [-0.25, -0.2) is 9.97 Å². The lowest BCUT2D eigenvalue weighted by molar-refractivity contribution is 1.09. The molecule has 0 aliphatic heterocycles. The van der Waals surface area contributed by atoms with Crippen molar-refractivity contribution < 1.29 is 0 Å². The van der Waals surface area contributed by atoms with E-state index in [0.29, 0.717) is 5.95 Å². The Balaban J connectivity index is 2.13. The van der Waals surface area contributed by atoms with Gasteiger partial charge in [0.05, 0.1) is 3.79 Å². The highest BCUT2D eigenvalue weighted by Crippen LogP contribution is 2.30. The van der Waals surface area contributed by atoms with Crippen LogP contribution in [0.5, 0.6) is 0 Å². The molecule has 0 fully saturated rings. The van der Waals surface area contributed by atoms with Crippen molar-refractivity contribution in [3.63, 3.8) is 0 Å². The second-order valence-corrected chi connectivity index (χ2v) is 5.96. The second-order valence-electron chi connectivity index (χ2n) is 3.05. The van der Waals surface area contributed by atoms with Gasteiger partial charge in [0.2, 0.25) is 5.95 Å². The van der Waals surface area contributed by atoms with E-state index in [2.05, 4.69) is 43.8 Å². The van der Waals surface area contributed by atoms with Crippen LogP contribution in [0.2, 0.25) is 0 Å². The third kappa shape index (κ3) is 2.96. The SMILES string of the molecule is SCCNc1ncc(-c2ccc(Br)s2)cn1. The van der Waals surface area contributed by atoms with Gasteiger partial charge in [-0.2, -0.15) is 12.6 Å². The number of anilines is 1. The molecule has 2 aromatic heterocycles. The fourth-order valence-electron chi connectivity index (χ4n) is 1.18. The van der Waals surface area contributed by atoms with E-state index in [-0.39, 0.29) is 0 Å². The summed E-state index contributed by atoms with van der Waals surface area (Å²) in [6.07, 6.45) is 3.65. The van der Waals surface area contributed by atoms with Gasteiger partial charge >= 0.3 is 0 Å². The molecule has 2 heterocycles. The number of aromatic nitrogens is 2. The summed E-state index contributed by atoms with van der Waals surface area (Å²) in [5.74, 6) is 1.41. The third-order valence-electron chi connectivity index (χ3n) is 1.90. The van der Waals surface area contributed by atoms with Crippen molar-refractivity contribution in [3.05, 3.63) is 28.3 Å². The Morgan fingerprint density at radius 1 is 1.31 bits per heavy atom. The van der Waals surface area contributed by atoms with E-state index in [0.717, 1.165) is 26.5 Å². The van der Waals surface area contributed by atoms with Gasteiger partial charge in [0.1, 0.15) is 0 Å². The zero-order valence-electron chi connectivity index (χ0n) is 8.35. The van der Waals surface area contributed by atoms with Crippen molar-refractivity contribution >= 4 is 45.8 Å². The lowest BCUT2D eigenvalue weighted by Crippen LogP contribution is -2.05. The van der Waals surface area contributed by atoms with Gasteiger partial charge in [0, 0.05) is 35.1 Å². The first-order chi connectivity index (χ1) is 7.79. The van der Waals surface area contributed by atoms with Crippen LogP contribution < -0.4 is 5.32 Å². The highest BCUT2D eigenvalue weighted by molar-refractivity contribution is 9.11. The first-order valence-corrected chi connectivity index (χ1v) is 6.96. The number of halogens is 1. The molecule has 0 aromatic carbocycles. The van der Waals surface area contributed by atoms with Crippen LogP contribution in [0.25, 0.3) is 10.4 Å². The van der Waals surface area contributed by atoms with E-state index in [1.807, 2.05) is 24.5 Å². The smallest absolute Gasteiger partial charge is 0.222 e. The summed E-state index contributed by atoms with van der Waals surface area (Å²) >= 11 is 9.21. The molecular formula is C10H10BrN3S2. The first-order valence-electron chi connectivity index (χ1n) is 4.72. The molecule has 0 saturated carbocycles. The Morgan fingerprint density at radius 2 is 2.06 bits per heavy atom. The van der Waals surface area contributed by atoms with Gasteiger partial charge < -0.3 is 5.32 Å². The topological polar surface area (TPSA) is 37.8 Å². The van der Waals surface area contributed by atoms with Gasteiger partial charge in [-0.3, -0.25) is 0 Å². The number of thiol groups is 1. The van der Waals surface area contributed by atoms with E-state index < -0.39 is 0 Å². The summed E-state index contributed by atoms with van der Waals surface area (Å²) in [5, 5.41) is 3.07. The molecule has 16 heavy (non-hydrogen) atoms. The molecule has 0 aliphatic carbocycles. The highest BCUT2D eigenvalue weighted by Gasteiger charge is 2.02. The highest BCUT2D eigenvalue weighted by atomic mass is 79.9. The van der Waals surface area contributed by atoms with Crippen molar-refractivity contribution in [2.45, 2.75) is 0 Å². The molecular weight excluding hydrogens is 306 g/mol. The maximum atomic E-state index is 4.24. The molecule has 0 amide bonds. The number of hydrogen-bond donors (Lipinski definition) is 2. The second kappa shape index (κ2) is 5.65. The Morgan fingerprint density at radius 3 is 2.62 bits per heavy atom. The van der Waals surface area contributed by atoms with E-state index >= 15 is 0 Å². The van der Waals surface area contributed by atoms with Crippen LogP contribution >= 0.6 is 39.9 Å². The van der Waals surface area contributed by atoms with Gasteiger partial charge in [0.15, 0.2) is 0 Å². The average molecular weight is 316 g/mol. The molecule has 0 saturated heterocycles. The van der Waals surface area contributed by atoms with Crippen molar-refractivity contribution in [1.29, 1.82) is 0 Å². The minimum absolute atomic E-state index is 0.647. The lowest BCUT2D eigenvalue weighted by atomic mass is 10.3. The molecule has 0 aliphatic rings. The third-order valence-corrected chi connectivity index (χ3v) is 3.80. The number of nitrogens with one attached hydrogen (secondary N) is 1. The Hall–Kier alpha value is -0.590. The number of thiophene rings is 1. The molecule has 2 aromatic rings. The predicted molar refractivity (Wildman–Crippen MR) is 75.4 cm³/mol. The van der Waals surface area contributed by atoms with Crippen molar-refractivity contribution in [2.75, 3.05) is 17.6 Å². The average Bonchev–Trinajstić information content (AvgIpc) is 2.74. The monoisotopic (exact) mass is 315 g/mol. The van der Waals surface area contributed by atoms with Crippen LogP contribution in [0.1, 0.15) is 0 Å². The maximum absolute atomic E-state index is 4.24. The van der Waals surface area contributed by atoms with Gasteiger partial charge in [-0.1, -0.05) is 0 Å². The van der Waals surface area contributed by atoms with Crippen LogP contribution in [0.4, 0.5) is 5.95 Å². The first kappa shape index (κ1) is 11.9. The molecule has 3 nitrogen and oxygen atoms in total. The minimum Gasteiger partial charge on any atom is -0.353 e. The largest absolute Gasteiger partial charge is 0.353 e. The fraction of sp³-hybridized carbons (Fsp3) is 0.200. The molecule has 0 unspecified atom stereocenters. The number of hydrogen-bond acceptors (Lipinski definition) is 5. The van der Waals surface area contributed by atoms with E-state index in [1.54, 1.807) is 11.3 Å². The quantitative estimate of drug-likeness (QED) is 0.850. The summed E-state index contributed by atoms with van der Waals surface area (Å²) in [4.78, 5) is 9.63. The molecule has 0 spiro atoms. The molecule has 6 heteroatoms. The molecule has 0 atom stereocenters. The molecule has 1 N–H and O–H groups in total. The lowest BCUT2D eigenvalue weighted by Gasteiger charge is -2.02. The summed E-state index contributed by atoms with van der Waals surface area (Å²) in [6.45, 7) is 0.771. The zero-order chi connectivity index (χ0) is 11.4. The van der Waals surface area contributed by atoms with Gasteiger partial charge in [0.25, 0.3) is 0 Å². The number of rotatable bonds is 4. The predicted octanol–water partition coefficient (Wildman–Crippen LogP) is 3.31. The van der Waals surface area contributed by atoms with Crippen LogP contribution in [-0.4, -0.2) is 22.3 Å². The van der Waals surface area contributed by atoms with E-state index in [9.17, 15) is 0 Å². The molecule has 0 bridgehead atoms. The summed E-state index contributed by atoms with van der Waals surface area (Å²) in [6, 6.07) is 4.07. The molecule has 0 radical (unpaired) electrons. The molecule has 2 rings (SSSR count). The summed E-state index contributed by atoms with van der Waals surface area (Å²) in [7, 11) is 0. The van der Waals surface area contributed by atoms with Crippen LogP contribution in [0, 0.1) is 0 Å². The zero-order valence-corrected chi connectivity index (χ0v) is 11.6. The van der Waals surface area contributed by atoms with E-state index in [4.69, 9.17) is 0 Å². The van der Waals surface area contributed by atoms with Gasteiger partial charge in [-0.15, -0.1) is 11.3 Å². The van der Waals surface area contributed by atoms with Crippen LogP contribution in [-0.2, 0) is 0 Å². The fourth-order valence-corrected chi connectivity index (χ4v) is 2.66. The molecule has 84 valence electrons. The maximum Gasteiger partial charge on any atom is 0.222 e. The van der Waals surface area contributed by atoms with Crippen LogP contribution in [0.15, 0.2) is 28.3 Å². The Bertz CT molecular complexity index is 455. The summed E-state index contributed by atoms with van der Waals surface area (Å²) < 4.78 is 1.11. The standard InChI is InChI=1S/C10H10BrN3S2/c11-9-2-1-8(16-9)7-5-13-10(14-6-7)12-3-4-15/h1-2,5-6,15H,3-4H2,(H,12,13,14). The van der Waals surface area contributed by atoms with E-state index in [1.165, 1.54) is 0 Å². The summed E-state index contributed by atoms with van der Waals surface area (Å²) in [5.41, 5.74) is 1.03. The normalized spacial score (nSPS) is 10.4. The minimum atomic E-state index is 0.647. The number of nitrogens with zero attached hydrogens (tertiary/aromatic N) is 2.